The third-order valence-electron chi connectivity index (χ3n) is 3.60. The fourth-order valence-electron chi connectivity index (χ4n) is 2.47. The molecular formula is C14H11N5O3. The van der Waals surface area contributed by atoms with E-state index in [2.05, 4.69) is 22.5 Å². The largest absolute Gasteiger partial charge is 0.468 e. The minimum absolute atomic E-state index is 0.0761. The van der Waals surface area contributed by atoms with Crippen molar-refractivity contribution in [2.24, 2.45) is 0 Å². The molecule has 0 bridgehead atoms. The van der Waals surface area contributed by atoms with Crippen molar-refractivity contribution in [3.8, 4) is 18.4 Å². The summed E-state index contributed by atoms with van der Waals surface area (Å²) in [5.41, 5.74) is 4.18. The van der Waals surface area contributed by atoms with Gasteiger partial charge < -0.3 is 20.7 Å². The topological polar surface area (TPSA) is 130 Å². The van der Waals surface area contributed by atoms with E-state index in [4.69, 9.17) is 16.9 Å². The van der Waals surface area contributed by atoms with Crippen LogP contribution in [0.25, 0.3) is 11.0 Å². The number of nitriles is 1. The van der Waals surface area contributed by atoms with E-state index < -0.39 is 17.9 Å². The number of fused-ring (bicyclic) bond motifs is 1. The van der Waals surface area contributed by atoms with Gasteiger partial charge in [-0.1, -0.05) is 12.5 Å². The molecule has 1 aliphatic rings. The van der Waals surface area contributed by atoms with Crippen molar-refractivity contribution in [2.75, 3.05) is 5.73 Å². The number of nitrogen functional groups attached to an aromatic ring is 1. The van der Waals surface area contributed by atoms with Gasteiger partial charge in [-0.25, -0.2) is 9.97 Å². The summed E-state index contributed by atoms with van der Waals surface area (Å²) in [6.07, 6.45) is 5.28. The summed E-state index contributed by atoms with van der Waals surface area (Å²) < 4.78 is 6.73. The first-order chi connectivity index (χ1) is 10.4. The lowest BCUT2D eigenvalue weighted by atomic mass is 9.97. The van der Waals surface area contributed by atoms with Crippen LogP contribution in [0.15, 0.2) is 24.9 Å². The molecule has 4 N–H and O–H groups in total. The van der Waals surface area contributed by atoms with Crippen LogP contribution in [0.1, 0.15) is 11.8 Å². The van der Waals surface area contributed by atoms with E-state index >= 15 is 0 Å². The summed E-state index contributed by atoms with van der Waals surface area (Å²) in [6.45, 7) is 3.52. The highest BCUT2D eigenvalue weighted by atomic mass is 16.6. The van der Waals surface area contributed by atoms with Crippen LogP contribution in [0.2, 0.25) is 0 Å². The molecule has 110 valence electrons. The second-order valence-electron chi connectivity index (χ2n) is 4.83. The highest BCUT2D eigenvalue weighted by molar-refractivity contribution is 5.92. The maximum Gasteiger partial charge on any atom is 0.220 e. The van der Waals surface area contributed by atoms with Crippen LogP contribution in [0.5, 0.6) is 0 Å². The average Bonchev–Trinajstić information content (AvgIpc) is 2.99. The van der Waals surface area contributed by atoms with Crippen LogP contribution >= 0.6 is 0 Å². The smallest absolute Gasteiger partial charge is 0.220 e. The van der Waals surface area contributed by atoms with Gasteiger partial charge in [0.05, 0.1) is 10.9 Å². The number of hydrogen-bond donors (Lipinski definition) is 3. The molecule has 8 heteroatoms. The number of ether oxygens (including phenoxy) is 1. The predicted molar refractivity (Wildman–Crippen MR) is 75.7 cm³/mol. The van der Waals surface area contributed by atoms with Gasteiger partial charge in [-0.3, -0.25) is 4.57 Å². The zero-order valence-electron chi connectivity index (χ0n) is 11.3. The quantitative estimate of drug-likeness (QED) is 0.613. The monoisotopic (exact) mass is 297 g/mol. The van der Waals surface area contributed by atoms with Gasteiger partial charge in [0.2, 0.25) is 11.8 Å². The second kappa shape index (κ2) is 4.46. The van der Waals surface area contributed by atoms with E-state index in [0.29, 0.717) is 5.39 Å². The number of aliphatic hydroxyl groups excluding tert-OH is 1. The van der Waals surface area contributed by atoms with Gasteiger partial charge in [-0.05, 0) is 0 Å². The van der Waals surface area contributed by atoms with Crippen molar-refractivity contribution < 1.29 is 14.9 Å². The number of rotatable bonds is 1. The number of anilines is 1. The molecule has 3 heterocycles. The summed E-state index contributed by atoms with van der Waals surface area (Å²) >= 11 is 0. The fraction of sp³-hybridized carbons (Fsp3) is 0.214. The summed E-state index contributed by atoms with van der Waals surface area (Å²) in [6, 6.07) is 1.97. The van der Waals surface area contributed by atoms with E-state index in [9.17, 15) is 15.5 Å². The number of aliphatic hydroxyl groups is 2. The van der Waals surface area contributed by atoms with Crippen LogP contribution in [-0.2, 0) is 4.74 Å². The lowest BCUT2D eigenvalue weighted by Crippen LogP contribution is -2.43. The molecule has 0 aliphatic carbocycles. The lowest BCUT2D eigenvalue weighted by molar-refractivity contribution is -0.0627. The van der Waals surface area contributed by atoms with Crippen LogP contribution in [0, 0.1) is 23.7 Å². The molecule has 0 saturated carbocycles. The molecular weight excluding hydrogens is 286 g/mol. The summed E-state index contributed by atoms with van der Waals surface area (Å²) in [5.74, 6) is 2.15. The maximum absolute atomic E-state index is 10.5. The minimum Gasteiger partial charge on any atom is -0.468 e. The Morgan fingerprint density at radius 2 is 2.27 bits per heavy atom. The normalized spacial score (nSPS) is 27.4. The Morgan fingerprint density at radius 3 is 2.91 bits per heavy atom. The molecule has 0 amide bonds. The molecule has 8 nitrogen and oxygen atoms in total. The van der Waals surface area contributed by atoms with E-state index in [0.717, 1.165) is 0 Å². The van der Waals surface area contributed by atoms with E-state index in [1.807, 2.05) is 6.07 Å². The van der Waals surface area contributed by atoms with Crippen molar-refractivity contribution in [1.29, 1.82) is 5.26 Å². The summed E-state index contributed by atoms with van der Waals surface area (Å²) in [7, 11) is 0. The van der Waals surface area contributed by atoms with Gasteiger partial charge in [0, 0.05) is 6.20 Å². The first kappa shape index (κ1) is 13.9. The Morgan fingerprint density at radius 1 is 1.55 bits per heavy atom. The highest BCUT2D eigenvalue weighted by Crippen LogP contribution is 2.41. The van der Waals surface area contributed by atoms with Gasteiger partial charge >= 0.3 is 0 Å². The van der Waals surface area contributed by atoms with Crippen LogP contribution < -0.4 is 5.73 Å². The van der Waals surface area contributed by atoms with Crippen molar-refractivity contribution in [3.63, 3.8) is 0 Å². The van der Waals surface area contributed by atoms with Gasteiger partial charge in [-0.2, -0.15) is 5.26 Å². The fourth-order valence-corrected chi connectivity index (χ4v) is 2.47. The molecule has 0 unspecified atom stereocenters. The standard InChI is InChI=1S/C14H11N5O3/c1-3-14(21)10(20)7(2)22-13(14)19-5-8(4-15)9-11(16)17-6-18-12(9)19/h1,5-6,10,13,20-21H,2H2,(H2,16,17,18)/t10-,13-,14-/m1/s1. The van der Waals surface area contributed by atoms with Crippen LogP contribution in [0.4, 0.5) is 5.82 Å². The molecule has 2 aromatic rings. The Labute approximate surface area is 125 Å². The zero-order chi connectivity index (χ0) is 16.1. The molecule has 3 rings (SSSR count). The van der Waals surface area contributed by atoms with E-state index in [1.54, 1.807) is 0 Å². The predicted octanol–water partition coefficient (Wildman–Crippen LogP) is -0.347. The maximum atomic E-state index is 10.5. The Kier molecular flexibility index (Phi) is 2.82. The average molecular weight is 297 g/mol. The lowest BCUT2D eigenvalue weighted by Gasteiger charge is -2.25. The zero-order valence-corrected chi connectivity index (χ0v) is 11.3. The van der Waals surface area contributed by atoms with Crippen molar-refractivity contribution in [1.82, 2.24) is 14.5 Å². The molecule has 1 aliphatic heterocycles. The number of aromatic nitrogens is 3. The summed E-state index contributed by atoms with van der Waals surface area (Å²) in [4.78, 5) is 7.89. The number of nitrogens with zero attached hydrogens (tertiary/aromatic N) is 4. The third-order valence-corrected chi connectivity index (χ3v) is 3.60. The molecule has 22 heavy (non-hydrogen) atoms. The minimum atomic E-state index is -2.05. The molecule has 1 saturated heterocycles. The number of terminal acetylenes is 1. The third kappa shape index (κ3) is 1.59. The highest BCUT2D eigenvalue weighted by Gasteiger charge is 2.53. The van der Waals surface area contributed by atoms with Crippen molar-refractivity contribution >= 4 is 16.9 Å². The SMILES string of the molecule is C#C[C@@]1(O)[C@H](O)C(=C)O[C@H]1n1cc(C#N)c2c(N)ncnc21. The number of hydrogen-bond acceptors (Lipinski definition) is 7. The van der Waals surface area contributed by atoms with Gasteiger partial charge in [0.15, 0.2) is 6.10 Å². The molecule has 2 aromatic heterocycles. The van der Waals surface area contributed by atoms with Crippen LogP contribution in [-0.4, -0.2) is 36.5 Å². The van der Waals surface area contributed by atoms with Gasteiger partial charge in [0.1, 0.15) is 29.6 Å². The first-order valence-corrected chi connectivity index (χ1v) is 6.18. The van der Waals surface area contributed by atoms with E-state index in [1.165, 1.54) is 17.1 Å². The summed E-state index contributed by atoms with van der Waals surface area (Å²) in [5, 5.41) is 30.0. The molecule has 0 spiro atoms. The number of nitrogens with two attached hydrogens (primary N) is 1. The van der Waals surface area contributed by atoms with Crippen molar-refractivity contribution in [3.05, 3.63) is 30.4 Å². The Hall–Kier alpha value is -3.07. The molecule has 0 aromatic carbocycles. The Balaban J connectivity index is 2.29. The Bertz CT molecular complexity index is 875. The van der Waals surface area contributed by atoms with Gasteiger partial charge in [-0.15, -0.1) is 6.42 Å². The first-order valence-electron chi connectivity index (χ1n) is 6.18. The van der Waals surface area contributed by atoms with E-state index in [-0.39, 0.29) is 22.8 Å². The molecule has 3 atom stereocenters. The van der Waals surface area contributed by atoms with Gasteiger partial charge in [0.25, 0.3) is 0 Å². The van der Waals surface area contributed by atoms with Crippen LogP contribution in [0.3, 0.4) is 0 Å². The molecule has 1 fully saturated rings. The molecule has 0 radical (unpaired) electrons. The van der Waals surface area contributed by atoms with Crippen molar-refractivity contribution in [2.45, 2.75) is 17.9 Å². The second-order valence-corrected chi connectivity index (χ2v) is 4.83.